The van der Waals surface area contributed by atoms with Crippen LogP contribution in [-0.4, -0.2) is 55.5 Å². The van der Waals surface area contributed by atoms with Crippen LogP contribution in [0.4, 0.5) is 0 Å². The quantitative estimate of drug-likeness (QED) is 0.670. The van der Waals surface area contributed by atoms with Crippen LogP contribution in [0, 0.1) is 12.8 Å². The van der Waals surface area contributed by atoms with Gasteiger partial charge < -0.3 is 24.7 Å². The van der Waals surface area contributed by atoms with Crippen molar-refractivity contribution in [1.82, 2.24) is 15.5 Å². The number of aryl methyl sites for hydroxylation is 1. The molecular weight excluding hydrogens is 398 g/mol. The topological polar surface area (TPSA) is 101 Å². The van der Waals surface area contributed by atoms with E-state index in [9.17, 15) is 14.4 Å². The zero-order chi connectivity index (χ0) is 22.2. The number of methoxy groups -OCH3 is 1. The van der Waals surface area contributed by atoms with Gasteiger partial charge >= 0.3 is 0 Å². The van der Waals surface area contributed by atoms with E-state index in [0.29, 0.717) is 37.3 Å². The number of hydrogen-bond acceptors (Lipinski definition) is 5. The van der Waals surface area contributed by atoms with E-state index in [1.54, 1.807) is 35.4 Å². The molecule has 1 aliphatic heterocycles. The van der Waals surface area contributed by atoms with Gasteiger partial charge in [0.25, 0.3) is 5.91 Å². The summed E-state index contributed by atoms with van der Waals surface area (Å²) in [7, 11) is 1.49. The van der Waals surface area contributed by atoms with Crippen molar-refractivity contribution < 1.29 is 23.5 Å². The normalized spacial score (nSPS) is 15.4. The van der Waals surface area contributed by atoms with E-state index in [1.807, 2.05) is 19.1 Å². The molecule has 31 heavy (non-hydrogen) atoms. The largest absolute Gasteiger partial charge is 0.467 e. The molecular formula is C23H29N3O5. The van der Waals surface area contributed by atoms with E-state index < -0.39 is 6.04 Å². The van der Waals surface area contributed by atoms with Gasteiger partial charge in [-0.25, -0.2) is 0 Å². The number of nitrogens with one attached hydrogen (secondary N) is 2. The molecule has 0 saturated carbocycles. The molecule has 2 heterocycles. The first kappa shape index (κ1) is 22.6. The van der Waals surface area contributed by atoms with Crippen LogP contribution in [0.5, 0.6) is 0 Å². The number of likely N-dealkylation sites (tertiary alicyclic amines) is 1. The molecule has 1 atom stereocenters. The third-order valence-electron chi connectivity index (χ3n) is 5.50. The highest BCUT2D eigenvalue weighted by atomic mass is 16.5. The first-order valence-electron chi connectivity index (χ1n) is 10.4. The molecule has 3 rings (SSSR count). The Hall–Kier alpha value is -3.13. The van der Waals surface area contributed by atoms with E-state index in [0.717, 1.165) is 5.56 Å². The minimum atomic E-state index is -0.706. The second kappa shape index (κ2) is 10.8. The summed E-state index contributed by atoms with van der Waals surface area (Å²) in [5, 5.41) is 5.78. The molecule has 2 N–H and O–H groups in total. The standard InChI is InChI=1S/C23H29N3O5/c1-16-5-3-6-18(13-16)22(28)25-21(23(29)24-14-19-7-4-12-31-19)17-8-10-26(11-9-17)20(27)15-30-2/h3-7,12-13,17,21H,8-11,14-15H2,1-2H3,(H,24,29)(H,25,28)/t21-/m1/s1. The fourth-order valence-electron chi connectivity index (χ4n) is 3.80. The van der Waals surface area contributed by atoms with Gasteiger partial charge in [0.2, 0.25) is 11.8 Å². The molecule has 0 radical (unpaired) electrons. The van der Waals surface area contributed by atoms with Crippen molar-refractivity contribution in [2.75, 3.05) is 26.8 Å². The van der Waals surface area contributed by atoms with Crippen molar-refractivity contribution in [3.8, 4) is 0 Å². The monoisotopic (exact) mass is 427 g/mol. The predicted molar refractivity (Wildman–Crippen MR) is 114 cm³/mol. The first-order chi connectivity index (χ1) is 15.0. The summed E-state index contributed by atoms with van der Waals surface area (Å²) in [5.74, 6) is -0.0728. The van der Waals surface area contributed by atoms with Crippen molar-refractivity contribution >= 4 is 17.7 Å². The van der Waals surface area contributed by atoms with Crippen LogP contribution < -0.4 is 10.6 Å². The Morgan fingerprint density at radius 3 is 2.61 bits per heavy atom. The maximum absolute atomic E-state index is 13.0. The number of furan rings is 1. The Morgan fingerprint density at radius 2 is 1.97 bits per heavy atom. The van der Waals surface area contributed by atoms with Crippen molar-refractivity contribution in [2.24, 2.45) is 5.92 Å². The predicted octanol–water partition coefficient (Wildman–Crippen LogP) is 1.89. The fraction of sp³-hybridized carbons (Fsp3) is 0.435. The molecule has 8 nitrogen and oxygen atoms in total. The molecule has 3 amide bonds. The van der Waals surface area contributed by atoms with E-state index in [1.165, 1.54) is 7.11 Å². The molecule has 1 aromatic carbocycles. The second-order valence-electron chi connectivity index (χ2n) is 7.77. The molecule has 1 fully saturated rings. The molecule has 1 aromatic heterocycles. The first-order valence-corrected chi connectivity index (χ1v) is 10.4. The zero-order valence-electron chi connectivity index (χ0n) is 17.9. The average Bonchev–Trinajstić information content (AvgIpc) is 3.30. The van der Waals surface area contributed by atoms with Gasteiger partial charge in [-0.3, -0.25) is 14.4 Å². The Balaban J connectivity index is 1.68. The van der Waals surface area contributed by atoms with Crippen LogP contribution in [0.2, 0.25) is 0 Å². The third kappa shape index (κ3) is 6.18. The van der Waals surface area contributed by atoms with Gasteiger partial charge in [-0.2, -0.15) is 0 Å². The Bertz CT molecular complexity index is 888. The number of amides is 3. The molecule has 0 bridgehead atoms. The summed E-state index contributed by atoms with van der Waals surface area (Å²) in [6.07, 6.45) is 2.77. The van der Waals surface area contributed by atoms with Crippen LogP contribution >= 0.6 is 0 Å². The smallest absolute Gasteiger partial charge is 0.251 e. The summed E-state index contributed by atoms with van der Waals surface area (Å²) < 4.78 is 10.2. The fourth-order valence-corrected chi connectivity index (χ4v) is 3.80. The minimum absolute atomic E-state index is 0.0435. The van der Waals surface area contributed by atoms with E-state index >= 15 is 0 Å². The van der Waals surface area contributed by atoms with E-state index in [2.05, 4.69) is 10.6 Å². The highest BCUT2D eigenvalue weighted by molar-refractivity contribution is 5.97. The lowest BCUT2D eigenvalue weighted by molar-refractivity contribution is -0.136. The Morgan fingerprint density at radius 1 is 1.19 bits per heavy atom. The van der Waals surface area contributed by atoms with Crippen LogP contribution in [0.25, 0.3) is 0 Å². The van der Waals surface area contributed by atoms with Crippen molar-refractivity contribution in [3.05, 3.63) is 59.5 Å². The van der Waals surface area contributed by atoms with Gasteiger partial charge in [0.15, 0.2) is 0 Å². The third-order valence-corrected chi connectivity index (χ3v) is 5.50. The lowest BCUT2D eigenvalue weighted by Crippen LogP contribution is -2.54. The molecule has 0 spiro atoms. The van der Waals surface area contributed by atoms with E-state index in [-0.39, 0.29) is 36.8 Å². The van der Waals surface area contributed by atoms with Crippen LogP contribution in [-0.2, 0) is 20.9 Å². The summed E-state index contributed by atoms with van der Waals surface area (Å²) >= 11 is 0. The SMILES string of the molecule is COCC(=O)N1CCC([C@@H](NC(=O)c2cccc(C)c2)C(=O)NCc2ccco2)CC1. The molecule has 2 aromatic rings. The van der Waals surface area contributed by atoms with E-state index in [4.69, 9.17) is 9.15 Å². The van der Waals surface area contributed by atoms with Crippen LogP contribution in [0.1, 0.15) is 34.5 Å². The Labute approximate surface area is 181 Å². The molecule has 0 unspecified atom stereocenters. The van der Waals surface area contributed by atoms with Gasteiger partial charge in [0, 0.05) is 25.8 Å². The molecule has 0 aliphatic carbocycles. The summed E-state index contributed by atoms with van der Waals surface area (Å²) in [5.41, 5.74) is 1.48. The lowest BCUT2D eigenvalue weighted by Gasteiger charge is -2.35. The average molecular weight is 428 g/mol. The summed E-state index contributed by atoms with van der Waals surface area (Å²) in [4.78, 5) is 39.7. The number of hydrogen-bond donors (Lipinski definition) is 2. The lowest BCUT2D eigenvalue weighted by atomic mass is 9.88. The van der Waals surface area contributed by atoms with Gasteiger partial charge in [0.05, 0.1) is 12.8 Å². The van der Waals surface area contributed by atoms with Crippen molar-refractivity contribution in [3.63, 3.8) is 0 Å². The number of benzene rings is 1. The van der Waals surface area contributed by atoms with Gasteiger partial charge in [-0.1, -0.05) is 17.7 Å². The molecule has 1 saturated heterocycles. The Kier molecular flexibility index (Phi) is 7.83. The van der Waals surface area contributed by atoms with Crippen molar-refractivity contribution in [1.29, 1.82) is 0 Å². The highest BCUT2D eigenvalue weighted by Gasteiger charge is 2.34. The zero-order valence-corrected chi connectivity index (χ0v) is 17.9. The number of rotatable bonds is 8. The van der Waals surface area contributed by atoms with Crippen molar-refractivity contribution in [2.45, 2.75) is 32.4 Å². The van der Waals surface area contributed by atoms with Crippen LogP contribution in [0.3, 0.4) is 0 Å². The van der Waals surface area contributed by atoms with Gasteiger partial charge in [-0.15, -0.1) is 0 Å². The number of carbonyl (C=O) groups is 3. The molecule has 166 valence electrons. The second-order valence-corrected chi connectivity index (χ2v) is 7.77. The molecule has 8 heteroatoms. The number of carbonyl (C=O) groups excluding carboxylic acids is 3. The van der Waals surface area contributed by atoms with Gasteiger partial charge in [-0.05, 0) is 49.9 Å². The summed E-state index contributed by atoms with van der Waals surface area (Å²) in [6, 6.07) is 10.1. The highest BCUT2D eigenvalue weighted by Crippen LogP contribution is 2.22. The maximum Gasteiger partial charge on any atom is 0.251 e. The summed E-state index contributed by atoms with van der Waals surface area (Å²) in [6.45, 7) is 3.25. The minimum Gasteiger partial charge on any atom is -0.467 e. The number of piperidine rings is 1. The number of ether oxygens (including phenoxy) is 1. The number of nitrogens with zero attached hydrogens (tertiary/aromatic N) is 1. The van der Waals surface area contributed by atoms with Gasteiger partial charge in [0.1, 0.15) is 18.4 Å². The maximum atomic E-state index is 13.0. The molecule has 1 aliphatic rings. The van der Waals surface area contributed by atoms with Crippen LogP contribution in [0.15, 0.2) is 47.1 Å².